The number of hydrogen-bond acceptors (Lipinski definition) is 4. The SMILES string of the molecule is CC1(C(=O)N2CCCC2c2ccncc2)COCC1N. The number of carbonyl (C=O) groups is 1. The summed E-state index contributed by atoms with van der Waals surface area (Å²) in [7, 11) is 0. The lowest BCUT2D eigenvalue weighted by Crippen LogP contribution is -2.51. The van der Waals surface area contributed by atoms with E-state index in [0.717, 1.165) is 24.9 Å². The molecule has 0 spiro atoms. The van der Waals surface area contributed by atoms with Crippen LogP contribution in [0.4, 0.5) is 0 Å². The minimum absolute atomic E-state index is 0.127. The van der Waals surface area contributed by atoms with Gasteiger partial charge in [-0.3, -0.25) is 9.78 Å². The zero-order valence-electron chi connectivity index (χ0n) is 11.8. The number of nitrogens with two attached hydrogens (primary N) is 1. The summed E-state index contributed by atoms with van der Waals surface area (Å²) < 4.78 is 5.41. The minimum Gasteiger partial charge on any atom is -0.379 e. The van der Waals surface area contributed by atoms with Gasteiger partial charge in [0.25, 0.3) is 0 Å². The lowest BCUT2D eigenvalue weighted by molar-refractivity contribution is -0.142. The third-order valence-corrected chi connectivity index (χ3v) is 4.61. The molecule has 5 nitrogen and oxygen atoms in total. The largest absolute Gasteiger partial charge is 0.379 e. The van der Waals surface area contributed by atoms with Crippen molar-refractivity contribution in [3.63, 3.8) is 0 Å². The summed E-state index contributed by atoms with van der Waals surface area (Å²) in [5.74, 6) is 0.127. The summed E-state index contributed by atoms with van der Waals surface area (Å²) in [6, 6.07) is 3.91. The van der Waals surface area contributed by atoms with Crippen LogP contribution in [0.25, 0.3) is 0 Å². The van der Waals surface area contributed by atoms with Gasteiger partial charge in [0, 0.05) is 25.0 Å². The Morgan fingerprint density at radius 3 is 2.90 bits per heavy atom. The lowest BCUT2D eigenvalue weighted by Gasteiger charge is -2.34. The fourth-order valence-electron chi connectivity index (χ4n) is 3.18. The van der Waals surface area contributed by atoms with Gasteiger partial charge in [0.05, 0.1) is 24.7 Å². The Morgan fingerprint density at radius 1 is 1.50 bits per heavy atom. The van der Waals surface area contributed by atoms with Gasteiger partial charge in [-0.05, 0) is 37.5 Å². The zero-order valence-corrected chi connectivity index (χ0v) is 11.8. The molecule has 108 valence electrons. The highest BCUT2D eigenvalue weighted by Gasteiger charge is 2.48. The van der Waals surface area contributed by atoms with Crippen LogP contribution in [0.2, 0.25) is 0 Å². The molecule has 0 aromatic carbocycles. The van der Waals surface area contributed by atoms with Gasteiger partial charge < -0.3 is 15.4 Å². The fraction of sp³-hybridized carbons (Fsp3) is 0.600. The molecule has 3 rings (SSSR count). The summed E-state index contributed by atoms with van der Waals surface area (Å²) in [4.78, 5) is 18.9. The lowest BCUT2D eigenvalue weighted by atomic mass is 9.84. The summed E-state index contributed by atoms with van der Waals surface area (Å²) in [6.07, 6.45) is 5.59. The Kier molecular flexibility index (Phi) is 3.48. The number of hydrogen-bond donors (Lipinski definition) is 1. The van der Waals surface area contributed by atoms with Crippen LogP contribution in [-0.2, 0) is 9.53 Å². The second kappa shape index (κ2) is 5.14. The van der Waals surface area contributed by atoms with Crippen LogP contribution in [0.15, 0.2) is 24.5 Å². The molecule has 1 aromatic heterocycles. The van der Waals surface area contributed by atoms with Crippen molar-refractivity contribution in [2.45, 2.75) is 31.8 Å². The quantitative estimate of drug-likeness (QED) is 0.878. The maximum absolute atomic E-state index is 12.9. The molecule has 20 heavy (non-hydrogen) atoms. The molecule has 0 radical (unpaired) electrons. The van der Waals surface area contributed by atoms with E-state index in [0.29, 0.717) is 13.2 Å². The number of amides is 1. The Bertz CT molecular complexity index is 493. The van der Waals surface area contributed by atoms with Crippen molar-refractivity contribution in [3.05, 3.63) is 30.1 Å². The highest BCUT2D eigenvalue weighted by Crippen LogP contribution is 2.38. The summed E-state index contributed by atoms with van der Waals surface area (Å²) in [5.41, 5.74) is 6.65. The highest BCUT2D eigenvalue weighted by atomic mass is 16.5. The minimum atomic E-state index is -0.588. The van der Waals surface area contributed by atoms with Gasteiger partial charge in [0.15, 0.2) is 0 Å². The summed E-state index contributed by atoms with van der Waals surface area (Å²) >= 11 is 0. The number of ether oxygens (including phenoxy) is 1. The first-order valence-electron chi connectivity index (χ1n) is 7.17. The number of nitrogens with zero attached hydrogens (tertiary/aromatic N) is 2. The van der Waals surface area contributed by atoms with Crippen molar-refractivity contribution < 1.29 is 9.53 Å². The van der Waals surface area contributed by atoms with Gasteiger partial charge in [-0.25, -0.2) is 0 Å². The molecular weight excluding hydrogens is 254 g/mol. The Morgan fingerprint density at radius 2 is 2.25 bits per heavy atom. The van der Waals surface area contributed by atoms with E-state index in [-0.39, 0.29) is 18.0 Å². The van der Waals surface area contributed by atoms with Crippen LogP contribution >= 0.6 is 0 Å². The van der Waals surface area contributed by atoms with E-state index in [9.17, 15) is 4.79 Å². The third kappa shape index (κ3) is 2.11. The molecule has 1 aromatic rings. The van der Waals surface area contributed by atoms with E-state index >= 15 is 0 Å². The maximum atomic E-state index is 12.9. The van der Waals surface area contributed by atoms with Crippen molar-refractivity contribution in [2.75, 3.05) is 19.8 Å². The molecule has 3 unspecified atom stereocenters. The van der Waals surface area contributed by atoms with Gasteiger partial charge in [0.2, 0.25) is 5.91 Å². The summed E-state index contributed by atoms with van der Waals surface area (Å²) in [5, 5.41) is 0. The van der Waals surface area contributed by atoms with E-state index in [1.807, 2.05) is 24.0 Å². The maximum Gasteiger partial charge on any atom is 0.233 e. The molecule has 0 bridgehead atoms. The molecule has 0 aliphatic carbocycles. The second-order valence-corrected chi connectivity index (χ2v) is 5.98. The number of carbonyl (C=O) groups excluding carboxylic acids is 1. The highest BCUT2D eigenvalue weighted by molar-refractivity contribution is 5.84. The number of rotatable bonds is 2. The van der Waals surface area contributed by atoms with Crippen LogP contribution in [0, 0.1) is 5.41 Å². The zero-order chi connectivity index (χ0) is 14.2. The van der Waals surface area contributed by atoms with E-state index in [1.165, 1.54) is 0 Å². The molecule has 2 aliphatic rings. The van der Waals surface area contributed by atoms with E-state index < -0.39 is 5.41 Å². The molecule has 0 saturated carbocycles. The molecular formula is C15H21N3O2. The third-order valence-electron chi connectivity index (χ3n) is 4.61. The van der Waals surface area contributed by atoms with Gasteiger partial charge in [0.1, 0.15) is 0 Å². The first-order valence-corrected chi connectivity index (χ1v) is 7.17. The Hall–Kier alpha value is -1.46. The molecule has 2 saturated heterocycles. The molecule has 2 fully saturated rings. The van der Waals surface area contributed by atoms with Crippen LogP contribution in [0.5, 0.6) is 0 Å². The van der Waals surface area contributed by atoms with E-state index in [1.54, 1.807) is 12.4 Å². The van der Waals surface area contributed by atoms with Crippen molar-refractivity contribution in [1.29, 1.82) is 0 Å². The topological polar surface area (TPSA) is 68.5 Å². The molecule has 1 amide bonds. The van der Waals surface area contributed by atoms with E-state index in [4.69, 9.17) is 10.5 Å². The number of aromatic nitrogens is 1. The molecule has 3 atom stereocenters. The van der Waals surface area contributed by atoms with Crippen LogP contribution < -0.4 is 5.73 Å². The molecule has 2 N–H and O–H groups in total. The normalized spacial score (nSPS) is 33.6. The van der Waals surface area contributed by atoms with Crippen LogP contribution in [0.1, 0.15) is 31.4 Å². The first kappa shape index (κ1) is 13.5. The molecule has 3 heterocycles. The average molecular weight is 275 g/mol. The van der Waals surface area contributed by atoms with Crippen LogP contribution in [-0.4, -0.2) is 41.6 Å². The van der Waals surface area contributed by atoms with Crippen molar-refractivity contribution in [2.24, 2.45) is 11.1 Å². The predicted octanol–water partition coefficient (Wildman–Crippen LogP) is 1.11. The van der Waals surface area contributed by atoms with Gasteiger partial charge in [-0.2, -0.15) is 0 Å². The Balaban J connectivity index is 1.84. The van der Waals surface area contributed by atoms with Crippen molar-refractivity contribution in [1.82, 2.24) is 9.88 Å². The standard InChI is InChI=1S/C15H21N3O2/c1-15(10-20-9-13(15)16)14(19)18-8-2-3-12(18)11-4-6-17-7-5-11/h4-7,12-13H,2-3,8-10,16H2,1H3. The Labute approximate surface area is 119 Å². The molecule has 2 aliphatic heterocycles. The van der Waals surface area contributed by atoms with Crippen LogP contribution in [0.3, 0.4) is 0 Å². The van der Waals surface area contributed by atoms with Gasteiger partial charge in [-0.15, -0.1) is 0 Å². The monoisotopic (exact) mass is 275 g/mol. The number of likely N-dealkylation sites (tertiary alicyclic amines) is 1. The van der Waals surface area contributed by atoms with Crippen molar-refractivity contribution in [3.8, 4) is 0 Å². The predicted molar refractivity (Wildman–Crippen MR) is 74.8 cm³/mol. The van der Waals surface area contributed by atoms with Gasteiger partial charge >= 0.3 is 0 Å². The van der Waals surface area contributed by atoms with Gasteiger partial charge in [-0.1, -0.05) is 0 Å². The number of pyridine rings is 1. The van der Waals surface area contributed by atoms with E-state index in [2.05, 4.69) is 4.98 Å². The summed E-state index contributed by atoms with van der Waals surface area (Å²) in [6.45, 7) is 3.62. The first-order chi connectivity index (χ1) is 9.63. The average Bonchev–Trinajstić information content (AvgIpc) is 3.08. The smallest absolute Gasteiger partial charge is 0.233 e. The fourth-order valence-corrected chi connectivity index (χ4v) is 3.18. The second-order valence-electron chi connectivity index (χ2n) is 5.98. The van der Waals surface area contributed by atoms with Crippen molar-refractivity contribution >= 4 is 5.91 Å². The molecule has 5 heteroatoms.